The summed E-state index contributed by atoms with van der Waals surface area (Å²) in [7, 11) is 5.59. The lowest BCUT2D eigenvalue weighted by Crippen LogP contribution is -2.60. The molecule has 31 heavy (non-hydrogen) atoms. The fourth-order valence-electron chi connectivity index (χ4n) is 6.76. The molecule has 2 saturated carbocycles. The Labute approximate surface area is 219 Å². The number of fused-ring (bicyclic) bond motifs is 11. The summed E-state index contributed by atoms with van der Waals surface area (Å²) in [5.74, 6) is -4.77. The van der Waals surface area contributed by atoms with Gasteiger partial charge in [-0.1, -0.05) is 46.4 Å². The van der Waals surface area contributed by atoms with Gasteiger partial charge in [-0.2, -0.15) is 0 Å². The van der Waals surface area contributed by atoms with Crippen LogP contribution in [-0.2, 0) is 23.7 Å². The van der Waals surface area contributed by atoms with Gasteiger partial charge in [0.1, 0.15) is 9.75 Å². The van der Waals surface area contributed by atoms with E-state index < -0.39 is 55.1 Å². The largest absolute Gasteiger partial charge is 0.369 e. The summed E-state index contributed by atoms with van der Waals surface area (Å²) in [6.45, 7) is 0. The molecular weight excluding hydrogens is 580 g/mol. The van der Waals surface area contributed by atoms with Crippen LogP contribution in [0.15, 0.2) is 20.1 Å². The first-order valence-electron chi connectivity index (χ1n) is 9.09. The second-order valence-corrected chi connectivity index (χ2v) is 12.1. The zero-order valence-electron chi connectivity index (χ0n) is 16.4. The third-order valence-corrected chi connectivity index (χ3v) is 13.0. The molecule has 0 aromatic heterocycles. The Balaban J connectivity index is 1.81. The first-order valence-corrected chi connectivity index (χ1v) is 12.1. The molecule has 5 rings (SSSR count). The van der Waals surface area contributed by atoms with Gasteiger partial charge < -0.3 is 23.7 Å². The predicted molar refractivity (Wildman–Crippen MR) is 121 cm³/mol. The van der Waals surface area contributed by atoms with Gasteiger partial charge in [0.05, 0.1) is 32.3 Å². The number of hydrogen-bond acceptors (Lipinski definition) is 5. The highest BCUT2D eigenvalue weighted by atomic mass is 35.5. The lowest BCUT2D eigenvalue weighted by molar-refractivity contribution is -0.230. The van der Waals surface area contributed by atoms with E-state index in [-0.39, 0.29) is 20.1 Å². The highest BCUT2D eigenvalue weighted by molar-refractivity contribution is 6.54. The van der Waals surface area contributed by atoms with Crippen molar-refractivity contribution in [3.8, 4) is 0 Å². The molecule has 4 aliphatic carbocycles. The average Bonchev–Trinajstić information content (AvgIpc) is 3.36. The Morgan fingerprint density at radius 1 is 0.548 bits per heavy atom. The molecule has 8 atom stereocenters. The Bertz CT molecular complexity index is 875. The fraction of sp³-hybridized carbons (Fsp3) is 0.778. The number of methoxy groups -OCH3 is 4. The van der Waals surface area contributed by atoms with E-state index in [9.17, 15) is 0 Å². The van der Waals surface area contributed by atoms with Gasteiger partial charge in [-0.3, -0.25) is 0 Å². The van der Waals surface area contributed by atoms with Crippen LogP contribution in [0.2, 0.25) is 0 Å². The van der Waals surface area contributed by atoms with Crippen LogP contribution in [0, 0.1) is 11.8 Å². The first-order chi connectivity index (χ1) is 14.3. The number of hydrogen-bond donors (Lipinski definition) is 0. The lowest BCUT2D eigenvalue weighted by atomic mass is 9.73. The van der Waals surface area contributed by atoms with Gasteiger partial charge in [0.25, 0.3) is 0 Å². The molecule has 3 fully saturated rings. The molecule has 1 aliphatic heterocycles. The third kappa shape index (κ3) is 1.87. The molecule has 4 bridgehead atoms. The molecule has 1 saturated heterocycles. The van der Waals surface area contributed by atoms with Gasteiger partial charge in [-0.15, -0.1) is 46.4 Å². The minimum atomic E-state index is -1.67. The average molecular weight is 596 g/mol. The molecule has 174 valence electrons. The zero-order valence-corrected chi connectivity index (χ0v) is 22.4. The standard InChI is InChI=1S/C18H16Cl8O5/c1-27-17(28-2)13(23)5-6-12(31-11(5)15(17,25)9(21)7(13)19)16(26)10(22)8(20)14(6,24)18(16,29-3)30-4/h5-6,11-12H,1-4H3/t5-,6-,11+,12+,13-,14-,15-,16-/m1/s1. The Hall–Kier alpha value is 1.60. The van der Waals surface area contributed by atoms with Gasteiger partial charge in [0, 0.05) is 40.3 Å². The summed E-state index contributed by atoms with van der Waals surface area (Å²) in [6.07, 6.45) is -1.71. The van der Waals surface area contributed by atoms with Crippen molar-refractivity contribution in [3.05, 3.63) is 20.1 Å². The fourth-order valence-corrected chi connectivity index (χ4v) is 11.1. The van der Waals surface area contributed by atoms with Crippen LogP contribution in [-0.4, -0.2) is 71.7 Å². The van der Waals surface area contributed by atoms with Gasteiger partial charge in [-0.05, 0) is 0 Å². The molecule has 0 aromatic rings. The highest BCUT2D eigenvalue weighted by Gasteiger charge is 2.96. The van der Waals surface area contributed by atoms with Crippen LogP contribution in [0.1, 0.15) is 0 Å². The molecule has 0 N–H and O–H groups in total. The van der Waals surface area contributed by atoms with E-state index in [1.807, 2.05) is 0 Å². The van der Waals surface area contributed by atoms with Crippen molar-refractivity contribution in [2.24, 2.45) is 11.8 Å². The molecule has 5 nitrogen and oxygen atoms in total. The Kier molecular flexibility index (Phi) is 5.23. The maximum absolute atomic E-state index is 7.27. The van der Waals surface area contributed by atoms with E-state index in [1.54, 1.807) is 0 Å². The van der Waals surface area contributed by atoms with E-state index in [4.69, 9.17) is 116 Å². The molecule has 0 amide bonds. The van der Waals surface area contributed by atoms with Crippen LogP contribution in [0.25, 0.3) is 0 Å². The summed E-state index contributed by atoms with van der Waals surface area (Å²) < 4.78 is 29.5. The van der Waals surface area contributed by atoms with Crippen LogP contribution in [0.3, 0.4) is 0 Å². The van der Waals surface area contributed by atoms with Crippen molar-refractivity contribution < 1.29 is 23.7 Å². The van der Waals surface area contributed by atoms with Crippen molar-refractivity contribution in [2.75, 3.05) is 28.4 Å². The SMILES string of the molecule is COC1(OC)[C@@]2(Cl)C(Cl)=C(Cl)[C@]1(Cl)[C@@H]1[C@@H]3[C@H](O[C@@H]12)[C@]1(Cl)C(Cl)=C(Cl)[C@@]3(Cl)C1(OC)OC. The van der Waals surface area contributed by atoms with Crippen molar-refractivity contribution in [1.82, 2.24) is 0 Å². The predicted octanol–water partition coefficient (Wildman–Crippen LogP) is 5.31. The molecule has 0 radical (unpaired) electrons. The molecule has 0 spiro atoms. The second-order valence-electron chi connectivity index (χ2n) is 8.18. The minimum Gasteiger partial charge on any atom is -0.369 e. The number of halogens is 8. The summed E-state index contributed by atoms with van der Waals surface area (Å²) in [5.41, 5.74) is 0. The topological polar surface area (TPSA) is 46.2 Å². The Morgan fingerprint density at radius 3 is 1.06 bits per heavy atom. The van der Waals surface area contributed by atoms with Gasteiger partial charge in [0.2, 0.25) is 11.6 Å². The molecule has 13 heteroatoms. The monoisotopic (exact) mass is 592 g/mol. The summed E-state index contributed by atoms with van der Waals surface area (Å²) in [4.78, 5) is -6.35. The minimum absolute atomic E-state index is 0.0604. The normalized spacial score (nSPS) is 53.0. The second kappa shape index (κ2) is 6.67. The first kappa shape index (κ1) is 24.3. The van der Waals surface area contributed by atoms with Gasteiger partial charge >= 0.3 is 0 Å². The smallest absolute Gasteiger partial charge is 0.220 e. The summed E-state index contributed by atoms with van der Waals surface area (Å²) >= 11 is 55.3. The highest BCUT2D eigenvalue weighted by Crippen LogP contribution is 2.83. The van der Waals surface area contributed by atoms with Crippen LogP contribution < -0.4 is 0 Å². The zero-order chi connectivity index (χ0) is 23.2. The van der Waals surface area contributed by atoms with Crippen molar-refractivity contribution in [1.29, 1.82) is 0 Å². The molecule has 5 aliphatic rings. The lowest BCUT2D eigenvalue weighted by Gasteiger charge is -2.45. The van der Waals surface area contributed by atoms with Crippen molar-refractivity contribution >= 4 is 92.8 Å². The van der Waals surface area contributed by atoms with Crippen LogP contribution in [0.4, 0.5) is 0 Å². The van der Waals surface area contributed by atoms with Gasteiger partial charge in [0.15, 0.2) is 9.75 Å². The van der Waals surface area contributed by atoms with E-state index in [0.29, 0.717) is 0 Å². The van der Waals surface area contributed by atoms with E-state index in [2.05, 4.69) is 0 Å². The molecule has 0 unspecified atom stereocenters. The van der Waals surface area contributed by atoms with Crippen molar-refractivity contribution in [2.45, 2.75) is 43.3 Å². The van der Waals surface area contributed by atoms with Crippen LogP contribution in [0.5, 0.6) is 0 Å². The summed E-state index contributed by atoms with van der Waals surface area (Å²) in [6, 6.07) is 0. The maximum atomic E-state index is 7.27. The number of ether oxygens (including phenoxy) is 5. The number of alkyl halides is 4. The van der Waals surface area contributed by atoms with Gasteiger partial charge in [-0.25, -0.2) is 0 Å². The van der Waals surface area contributed by atoms with Crippen molar-refractivity contribution in [3.63, 3.8) is 0 Å². The third-order valence-electron chi connectivity index (χ3n) is 7.76. The molecule has 0 aromatic carbocycles. The van der Waals surface area contributed by atoms with Crippen LogP contribution >= 0.6 is 92.8 Å². The summed E-state index contributed by atoms with van der Waals surface area (Å²) in [5, 5.41) is 0.257. The Morgan fingerprint density at radius 2 is 0.806 bits per heavy atom. The van der Waals surface area contributed by atoms with E-state index in [1.165, 1.54) is 28.4 Å². The molecular formula is C18H16Cl8O5. The quantitative estimate of drug-likeness (QED) is 0.326. The van der Waals surface area contributed by atoms with E-state index in [0.717, 1.165) is 0 Å². The molecule has 1 heterocycles. The van der Waals surface area contributed by atoms with E-state index >= 15 is 0 Å². The number of rotatable bonds is 4. The maximum Gasteiger partial charge on any atom is 0.220 e.